The maximum Gasteiger partial charge on any atom is 0.348 e. The van der Waals surface area contributed by atoms with E-state index in [2.05, 4.69) is 23.7 Å². The van der Waals surface area contributed by atoms with Crippen LogP contribution in [0.2, 0.25) is 0 Å². The first-order valence-corrected chi connectivity index (χ1v) is 7.89. The maximum atomic E-state index is 11.5. The molecule has 112 valence electrons. The molecule has 0 radical (unpaired) electrons. The Morgan fingerprint density at radius 1 is 1.33 bits per heavy atom. The zero-order valence-electron chi connectivity index (χ0n) is 12.6. The number of carboxylic acids is 1. The van der Waals surface area contributed by atoms with Gasteiger partial charge in [0.05, 0.1) is 12.2 Å². The molecule has 0 saturated carbocycles. The van der Waals surface area contributed by atoms with Crippen LogP contribution in [0.3, 0.4) is 0 Å². The Balaban J connectivity index is 2.40. The number of benzene rings is 1. The lowest BCUT2D eigenvalue weighted by molar-refractivity contribution is 0.0702. The third-order valence-electron chi connectivity index (χ3n) is 3.41. The minimum absolute atomic E-state index is 0.322. The fourth-order valence-electron chi connectivity index (χ4n) is 2.20. The van der Waals surface area contributed by atoms with E-state index in [-0.39, 0.29) is 0 Å². The molecular weight excluding hydrogens is 284 g/mol. The number of nitrogens with zero attached hydrogens (tertiary/aromatic N) is 2. The Bertz CT molecular complexity index is 633. The zero-order chi connectivity index (χ0) is 15.4. The van der Waals surface area contributed by atoms with Gasteiger partial charge in [0.2, 0.25) is 0 Å². The Kier molecular flexibility index (Phi) is 5.09. The first-order chi connectivity index (χ1) is 10.0. The van der Waals surface area contributed by atoms with Crippen LogP contribution in [0.25, 0.3) is 11.3 Å². The summed E-state index contributed by atoms with van der Waals surface area (Å²) in [5.74, 6) is -0.908. The highest BCUT2D eigenvalue weighted by Gasteiger charge is 2.19. The van der Waals surface area contributed by atoms with Crippen molar-refractivity contribution in [2.45, 2.75) is 27.3 Å². The monoisotopic (exact) mass is 304 g/mol. The molecule has 2 aromatic rings. The quantitative estimate of drug-likeness (QED) is 0.885. The first-order valence-electron chi connectivity index (χ1n) is 7.07. The van der Waals surface area contributed by atoms with Crippen LogP contribution in [-0.4, -0.2) is 34.0 Å². The van der Waals surface area contributed by atoms with E-state index in [0.29, 0.717) is 17.1 Å². The largest absolute Gasteiger partial charge is 0.477 e. The van der Waals surface area contributed by atoms with Crippen molar-refractivity contribution in [3.63, 3.8) is 0 Å². The van der Waals surface area contributed by atoms with Gasteiger partial charge < -0.3 is 5.11 Å². The molecular formula is C16H20N2O2S. The van der Waals surface area contributed by atoms with Gasteiger partial charge in [-0.2, -0.15) is 0 Å². The van der Waals surface area contributed by atoms with Crippen molar-refractivity contribution in [3.8, 4) is 11.3 Å². The minimum atomic E-state index is -0.908. The van der Waals surface area contributed by atoms with E-state index in [0.717, 1.165) is 29.2 Å². The summed E-state index contributed by atoms with van der Waals surface area (Å²) >= 11 is 1.28. The van der Waals surface area contributed by atoms with Crippen LogP contribution in [-0.2, 0) is 6.54 Å². The number of carboxylic acid groups (broad SMARTS) is 1. The molecule has 0 aliphatic carbocycles. The Morgan fingerprint density at radius 3 is 2.62 bits per heavy atom. The number of aromatic carboxylic acids is 1. The standard InChI is InChI=1S/C16H20N2O2S/c1-4-18(5-2)10-13-17-14(15(21-13)16(19)20)12-8-6-7-11(3)9-12/h6-9H,4-5,10H2,1-3H3,(H,19,20). The molecule has 0 amide bonds. The Labute approximate surface area is 129 Å². The zero-order valence-corrected chi connectivity index (χ0v) is 13.4. The number of carbonyl (C=O) groups is 1. The smallest absolute Gasteiger partial charge is 0.348 e. The van der Waals surface area contributed by atoms with Gasteiger partial charge in [-0.3, -0.25) is 4.90 Å². The molecule has 0 unspecified atom stereocenters. The van der Waals surface area contributed by atoms with Crippen molar-refractivity contribution >= 4 is 17.3 Å². The number of aryl methyl sites for hydroxylation is 1. The second-order valence-corrected chi connectivity index (χ2v) is 6.00. The third kappa shape index (κ3) is 3.68. The average molecular weight is 304 g/mol. The molecule has 1 N–H and O–H groups in total. The normalized spacial score (nSPS) is 11.0. The average Bonchev–Trinajstić information content (AvgIpc) is 2.89. The van der Waals surface area contributed by atoms with E-state index >= 15 is 0 Å². The van der Waals surface area contributed by atoms with Gasteiger partial charge >= 0.3 is 5.97 Å². The van der Waals surface area contributed by atoms with Gasteiger partial charge in [0.1, 0.15) is 9.88 Å². The fraction of sp³-hybridized carbons (Fsp3) is 0.375. The van der Waals surface area contributed by atoms with E-state index in [1.807, 2.05) is 31.2 Å². The molecule has 2 rings (SSSR count). The number of thiazole rings is 1. The molecule has 4 nitrogen and oxygen atoms in total. The van der Waals surface area contributed by atoms with Gasteiger partial charge in [-0.1, -0.05) is 37.6 Å². The summed E-state index contributed by atoms with van der Waals surface area (Å²) in [5, 5.41) is 10.3. The molecule has 0 atom stereocenters. The summed E-state index contributed by atoms with van der Waals surface area (Å²) < 4.78 is 0. The van der Waals surface area contributed by atoms with E-state index in [9.17, 15) is 9.90 Å². The Hall–Kier alpha value is -1.72. The molecule has 0 aliphatic rings. The van der Waals surface area contributed by atoms with E-state index in [4.69, 9.17) is 0 Å². The summed E-state index contributed by atoms with van der Waals surface area (Å²) in [6.07, 6.45) is 0. The predicted octanol–water partition coefficient (Wildman–Crippen LogP) is 3.66. The van der Waals surface area contributed by atoms with Gasteiger partial charge in [0.15, 0.2) is 0 Å². The molecule has 1 heterocycles. The van der Waals surface area contributed by atoms with Crippen molar-refractivity contribution in [1.82, 2.24) is 9.88 Å². The lowest BCUT2D eigenvalue weighted by Gasteiger charge is -2.15. The van der Waals surface area contributed by atoms with Crippen LogP contribution in [0.5, 0.6) is 0 Å². The minimum Gasteiger partial charge on any atom is -0.477 e. The van der Waals surface area contributed by atoms with Crippen molar-refractivity contribution < 1.29 is 9.90 Å². The molecule has 5 heteroatoms. The second-order valence-electron chi connectivity index (χ2n) is 4.92. The van der Waals surface area contributed by atoms with Gasteiger partial charge in [0, 0.05) is 5.56 Å². The van der Waals surface area contributed by atoms with Crippen LogP contribution >= 0.6 is 11.3 Å². The van der Waals surface area contributed by atoms with E-state index in [1.54, 1.807) is 0 Å². The molecule has 0 bridgehead atoms. The molecule has 1 aromatic heterocycles. The molecule has 0 fully saturated rings. The van der Waals surface area contributed by atoms with Gasteiger partial charge in [0.25, 0.3) is 0 Å². The number of hydrogen-bond acceptors (Lipinski definition) is 4. The predicted molar refractivity (Wildman–Crippen MR) is 85.9 cm³/mol. The fourth-order valence-corrected chi connectivity index (χ4v) is 3.17. The third-order valence-corrected chi connectivity index (χ3v) is 4.44. The van der Waals surface area contributed by atoms with Crippen molar-refractivity contribution in [1.29, 1.82) is 0 Å². The van der Waals surface area contributed by atoms with Crippen LogP contribution in [0.15, 0.2) is 24.3 Å². The molecule has 0 spiro atoms. The highest BCUT2D eigenvalue weighted by atomic mass is 32.1. The van der Waals surface area contributed by atoms with Gasteiger partial charge in [-0.05, 0) is 26.1 Å². The maximum absolute atomic E-state index is 11.5. The van der Waals surface area contributed by atoms with Crippen molar-refractivity contribution in [2.24, 2.45) is 0 Å². The first kappa shape index (κ1) is 15.7. The van der Waals surface area contributed by atoms with E-state index in [1.165, 1.54) is 11.3 Å². The van der Waals surface area contributed by atoms with Crippen molar-refractivity contribution in [2.75, 3.05) is 13.1 Å². The highest BCUT2D eigenvalue weighted by molar-refractivity contribution is 7.14. The van der Waals surface area contributed by atoms with Crippen LogP contribution in [0.1, 0.15) is 34.1 Å². The lowest BCUT2D eigenvalue weighted by atomic mass is 10.1. The van der Waals surface area contributed by atoms with Gasteiger partial charge in [-0.25, -0.2) is 9.78 Å². The molecule has 0 saturated heterocycles. The summed E-state index contributed by atoms with van der Waals surface area (Å²) in [6.45, 7) is 8.74. The summed E-state index contributed by atoms with van der Waals surface area (Å²) in [7, 11) is 0. The van der Waals surface area contributed by atoms with Crippen molar-refractivity contribution in [3.05, 3.63) is 39.7 Å². The molecule has 0 aliphatic heterocycles. The number of rotatable bonds is 6. The van der Waals surface area contributed by atoms with Gasteiger partial charge in [-0.15, -0.1) is 11.3 Å². The Morgan fingerprint density at radius 2 is 2.05 bits per heavy atom. The summed E-state index contributed by atoms with van der Waals surface area (Å²) in [4.78, 5) is 18.6. The van der Waals surface area contributed by atoms with Crippen LogP contribution < -0.4 is 0 Å². The highest BCUT2D eigenvalue weighted by Crippen LogP contribution is 2.29. The topological polar surface area (TPSA) is 53.4 Å². The van der Waals surface area contributed by atoms with Crippen LogP contribution in [0, 0.1) is 6.92 Å². The molecule has 1 aromatic carbocycles. The summed E-state index contributed by atoms with van der Waals surface area (Å²) in [6, 6.07) is 7.81. The van der Waals surface area contributed by atoms with E-state index < -0.39 is 5.97 Å². The van der Waals surface area contributed by atoms with Crippen LogP contribution in [0.4, 0.5) is 0 Å². The number of hydrogen-bond donors (Lipinski definition) is 1. The lowest BCUT2D eigenvalue weighted by Crippen LogP contribution is -2.21. The SMILES string of the molecule is CCN(CC)Cc1nc(-c2cccc(C)c2)c(C(=O)O)s1. The second kappa shape index (κ2) is 6.83. The molecule has 21 heavy (non-hydrogen) atoms. The summed E-state index contributed by atoms with van der Waals surface area (Å²) in [5.41, 5.74) is 2.55. The number of aromatic nitrogens is 1.